The molecule has 4 nitrogen and oxygen atoms in total. The Kier molecular flexibility index (Phi) is 3.04. The number of rotatable bonds is 3. The molecule has 1 saturated carbocycles. The molecule has 1 N–H and O–H groups in total. The van der Waals surface area contributed by atoms with E-state index in [4.69, 9.17) is 4.52 Å². The molecule has 1 fully saturated rings. The summed E-state index contributed by atoms with van der Waals surface area (Å²) in [6.45, 7) is 0. The molecule has 0 radical (unpaired) electrons. The van der Waals surface area contributed by atoms with Crippen LogP contribution in [0.2, 0.25) is 0 Å². The molecule has 2 aromatic carbocycles. The zero-order valence-corrected chi connectivity index (χ0v) is 13.2. The maximum absolute atomic E-state index is 9.98. The van der Waals surface area contributed by atoms with E-state index in [1.807, 2.05) is 18.2 Å². The summed E-state index contributed by atoms with van der Waals surface area (Å²) in [5.41, 5.74) is 1.61. The van der Waals surface area contributed by atoms with Crippen LogP contribution >= 0.6 is 15.9 Å². The first-order valence-electron chi connectivity index (χ1n) is 7.08. The molecule has 0 amide bonds. The molecule has 5 heteroatoms. The molecule has 1 aromatic heterocycles. The number of benzene rings is 2. The van der Waals surface area contributed by atoms with E-state index in [0.717, 1.165) is 17.3 Å². The van der Waals surface area contributed by atoms with Crippen LogP contribution in [0.4, 0.5) is 0 Å². The molecule has 3 aromatic rings. The van der Waals surface area contributed by atoms with Gasteiger partial charge in [0.25, 0.3) is 5.89 Å². The minimum absolute atomic E-state index is 0.128. The number of hydrogen-bond donors (Lipinski definition) is 1. The van der Waals surface area contributed by atoms with E-state index >= 15 is 0 Å². The monoisotopic (exact) mass is 356 g/mol. The summed E-state index contributed by atoms with van der Waals surface area (Å²) >= 11 is 3.39. The van der Waals surface area contributed by atoms with Crippen LogP contribution in [0.25, 0.3) is 11.5 Å². The van der Waals surface area contributed by atoms with Crippen LogP contribution in [-0.4, -0.2) is 15.2 Å². The van der Waals surface area contributed by atoms with Gasteiger partial charge in [-0.2, -0.15) is 4.98 Å². The molecule has 0 bridgehead atoms. The van der Waals surface area contributed by atoms with Gasteiger partial charge in [0, 0.05) is 4.47 Å². The Balaban J connectivity index is 1.75. The number of phenolic OH excluding ortho intramolecular Hbond substituents is 1. The van der Waals surface area contributed by atoms with Crippen LogP contribution in [0.1, 0.15) is 24.2 Å². The quantitative estimate of drug-likeness (QED) is 0.760. The van der Waals surface area contributed by atoms with Crippen molar-refractivity contribution in [1.29, 1.82) is 0 Å². The number of hydrogen-bond acceptors (Lipinski definition) is 4. The van der Waals surface area contributed by atoms with Crippen molar-refractivity contribution in [1.82, 2.24) is 10.1 Å². The first-order valence-corrected chi connectivity index (χ1v) is 7.87. The van der Waals surface area contributed by atoms with E-state index < -0.39 is 0 Å². The van der Waals surface area contributed by atoms with Crippen molar-refractivity contribution in [3.05, 3.63) is 64.4 Å². The topological polar surface area (TPSA) is 59.2 Å². The second-order valence-corrected chi connectivity index (χ2v) is 6.45. The third-order valence-corrected chi connectivity index (χ3v) is 4.61. The van der Waals surface area contributed by atoms with Gasteiger partial charge in [-0.15, -0.1) is 0 Å². The zero-order valence-electron chi connectivity index (χ0n) is 11.7. The average molecular weight is 357 g/mol. The van der Waals surface area contributed by atoms with E-state index in [9.17, 15) is 5.11 Å². The van der Waals surface area contributed by atoms with Gasteiger partial charge in [0.15, 0.2) is 5.82 Å². The van der Waals surface area contributed by atoms with Gasteiger partial charge in [-0.05, 0) is 36.6 Å². The summed E-state index contributed by atoms with van der Waals surface area (Å²) < 4.78 is 6.24. The molecular formula is C17H13BrN2O2. The lowest BCUT2D eigenvalue weighted by Crippen LogP contribution is -2.10. The lowest BCUT2D eigenvalue weighted by Gasteiger charge is -2.10. The van der Waals surface area contributed by atoms with Gasteiger partial charge < -0.3 is 9.63 Å². The third-order valence-electron chi connectivity index (χ3n) is 4.12. The summed E-state index contributed by atoms with van der Waals surface area (Å²) in [7, 11) is 0. The van der Waals surface area contributed by atoms with Gasteiger partial charge in [0.05, 0.1) is 11.0 Å². The predicted molar refractivity (Wildman–Crippen MR) is 85.6 cm³/mol. The number of aromatic hydroxyl groups is 1. The van der Waals surface area contributed by atoms with E-state index in [2.05, 4.69) is 38.2 Å². The van der Waals surface area contributed by atoms with Crippen molar-refractivity contribution < 1.29 is 9.63 Å². The Hall–Kier alpha value is -2.14. The first kappa shape index (κ1) is 13.5. The summed E-state index contributed by atoms with van der Waals surface area (Å²) in [6, 6.07) is 15.4. The molecule has 1 aliphatic carbocycles. The van der Waals surface area contributed by atoms with E-state index in [1.165, 1.54) is 5.56 Å². The maximum Gasteiger partial charge on any atom is 0.261 e. The minimum Gasteiger partial charge on any atom is -0.507 e. The highest BCUT2D eigenvalue weighted by atomic mass is 79.9. The Labute approximate surface area is 135 Å². The van der Waals surface area contributed by atoms with Gasteiger partial charge in [-0.25, -0.2) is 0 Å². The molecule has 22 heavy (non-hydrogen) atoms. The molecule has 0 spiro atoms. The summed E-state index contributed by atoms with van der Waals surface area (Å²) in [5.74, 6) is 1.16. The number of aromatic nitrogens is 2. The van der Waals surface area contributed by atoms with Crippen LogP contribution in [0.5, 0.6) is 5.75 Å². The third kappa shape index (κ3) is 2.13. The van der Waals surface area contributed by atoms with Crippen molar-refractivity contribution in [3.8, 4) is 17.2 Å². The van der Waals surface area contributed by atoms with E-state index in [1.54, 1.807) is 18.2 Å². The molecule has 1 heterocycles. The van der Waals surface area contributed by atoms with E-state index in [-0.39, 0.29) is 11.2 Å². The fourth-order valence-corrected chi connectivity index (χ4v) is 3.09. The van der Waals surface area contributed by atoms with Crippen LogP contribution in [0.15, 0.2) is 57.5 Å². The maximum atomic E-state index is 9.98. The molecular weight excluding hydrogens is 344 g/mol. The van der Waals surface area contributed by atoms with Gasteiger partial charge in [0.1, 0.15) is 5.75 Å². The molecule has 1 aliphatic rings. The largest absolute Gasteiger partial charge is 0.507 e. The predicted octanol–water partition coefficient (Wildman–Crippen LogP) is 4.28. The van der Waals surface area contributed by atoms with Crippen molar-refractivity contribution in [2.45, 2.75) is 18.3 Å². The highest BCUT2D eigenvalue weighted by molar-refractivity contribution is 9.10. The van der Waals surface area contributed by atoms with Crippen molar-refractivity contribution in [3.63, 3.8) is 0 Å². The fraction of sp³-hybridized carbons (Fsp3) is 0.176. The zero-order chi connectivity index (χ0) is 15.2. The summed E-state index contributed by atoms with van der Waals surface area (Å²) in [5, 5.41) is 14.1. The molecule has 110 valence electrons. The van der Waals surface area contributed by atoms with Crippen LogP contribution < -0.4 is 0 Å². The standard InChI is InChI=1S/C17H13BrN2O2/c18-12-6-7-14(21)13(10-12)15-19-16(20-22-15)17(8-9-17)11-4-2-1-3-5-11/h1-7,10,21H,8-9H2. The normalized spacial score (nSPS) is 15.7. The summed E-state index contributed by atoms with van der Waals surface area (Å²) in [4.78, 5) is 4.53. The van der Waals surface area contributed by atoms with Crippen molar-refractivity contribution in [2.75, 3.05) is 0 Å². The Bertz CT molecular complexity index is 826. The Morgan fingerprint density at radius 2 is 1.86 bits per heavy atom. The highest BCUT2D eigenvalue weighted by Crippen LogP contribution is 2.52. The average Bonchev–Trinajstić information content (AvgIpc) is 3.21. The summed E-state index contributed by atoms with van der Waals surface area (Å²) in [6.07, 6.45) is 2.03. The molecule has 0 atom stereocenters. The molecule has 0 aliphatic heterocycles. The second-order valence-electron chi connectivity index (χ2n) is 5.53. The van der Waals surface area contributed by atoms with Crippen molar-refractivity contribution in [2.24, 2.45) is 0 Å². The van der Waals surface area contributed by atoms with Gasteiger partial charge in [-0.1, -0.05) is 51.4 Å². The van der Waals surface area contributed by atoms with E-state index in [0.29, 0.717) is 17.3 Å². The van der Waals surface area contributed by atoms with Crippen LogP contribution in [0.3, 0.4) is 0 Å². The fourth-order valence-electron chi connectivity index (χ4n) is 2.73. The molecule has 0 unspecified atom stereocenters. The van der Waals surface area contributed by atoms with Crippen LogP contribution in [0, 0.1) is 0 Å². The van der Waals surface area contributed by atoms with Gasteiger partial charge in [-0.3, -0.25) is 0 Å². The smallest absolute Gasteiger partial charge is 0.261 e. The number of nitrogens with zero attached hydrogens (tertiary/aromatic N) is 2. The highest BCUT2D eigenvalue weighted by Gasteiger charge is 2.50. The molecule has 0 saturated heterocycles. The lowest BCUT2D eigenvalue weighted by molar-refractivity contribution is 0.413. The first-order chi connectivity index (χ1) is 10.7. The number of phenols is 1. The van der Waals surface area contributed by atoms with Gasteiger partial charge in [0.2, 0.25) is 0 Å². The van der Waals surface area contributed by atoms with Gasteiger partial charge >= 0.3 is 0 Å². The Morgan fingerprint density at radius 3 is 2.59 bits per heavy atom. The minimum atomic E-state index is -0.134. The number of halogens is 1. The second kappa shape index (κ2) is 4.95. The van der Waals surface area contributed by atoms with Crippen molar-refractivity contribution >= 4 is 15.9 Å². The molecule has 4 rings (SSSR count). The Morgan fingerprint density at radius 1 is 1.09 bits per heavy atom. The SMILES string of the molecule is Oc1ccc(Br)cc1-c1nc(C2(c3ccccc3)CC2)no1. The van der Waals surface area contributed by atoms with Crippen LogP contribution in [-0.2, 0) is 5.41 Å². The lowest BCUT2D eigenvalue weighted by atomic mass is 9.95.